The van der Waals surface area contributed by atoms with Gasteiger partial charge in [-0.25, -0.2) is 0 Å². The van der Waals surface area contributed by atoms with Gasteiger partial charge >= 0.3 is 0 Å². The minimum atomic E-state index is 0.229. The Morgan fingerprint density at radius 1 is 1.13 bits per heavy atom. The summed E-state index contributed by atoms with van der Waals surface area (Å²) in [5.74, 6) is 0.628. The monoisotopic (exact) mass is 214 g/mol. The lowest BCUT2D eigenvalue weighted by atomic mass is 9.82. The van der Waals surface area contributed by atoms with Crippen LogP contribution in [0.2, 0.25) is 0 Å². The lowest BCUT2D eigenvalue weighted by Crippen LogP contribution is -2.43. The van der Waals surface area contributed by atoms with Crippen molar-refractivity contribution in [1.29, 1.82) is 0 Å². The Hall–Kier alpha value is -0.0800. The average molecular weight is 214 g/mol. The molecule has 0 spiro atoms. The first-order valence-electron chi connectivity index (χ1n) is 6.11. The van der Waals surface area contributed by atoms with Crippen molar-refractivity contribution in [2.45, 2.75) is 59.9 Å². The van der Waals surface area contributed by atoms with Crippen LogP contribution >= 0.6 is 0 Å². The molecule has 0 saturated carbocycles. The highest BCUT2D eigenvalue weighted by atomic mass is 14.9. The van der Waals surface area contributed by atoms with E-state index in [0.29, 0.717) is 11.3 Å². The fourth-order valence-corrected chi connectivity index (χ4v) is 2.16. The fourth-order valence-electron chi connectivity index (χ4n) is 2.16. The molecule has 0 aliphatic rings. The number of hydrogen-bond acceptors (Lipinski definition) is 2. The van der Waals surface area contributed by atoms with Gasteiger partial charge in [-0.1, -0.05) is 27.7 Å². The Kier molecular flexibility index (Phi) is 5.82. The Balaban J connectivity index is 3.84. The molecule has 0 amide bonds. The van der Waals surface area contributed by atoms with Crippen LogP contribution in [0.3, 0.4) is 0 Å². The predicted octanol–water partition coefficient (Wildman–Crippen LogP) is 2.78. The summed E-state index contributed by atoms with van der Waals surface area (Å²) < 4.78 is 0. The SMILES string of the molecule is CC(CN)CCNC(C)(C)CC(C)(C)C. The lowest BCUT2D eigenvalue weighted by molar-refractivity contribution is 0.239. The van der Waals surface area contributed by atoms with Gasteiger partial charge in [0, 0.05) is 5.54 Å². The molecule has 0 rings (SSSR count). The zero-order chi connectivity index (χ0) is 12.1. The second kappa shape index (κ2) is 5.86. The molecule has 0 aliphatic carbocycles. The van der Waals surface area contributed by atoms with E-state index < -0.39 is 0 Å². The summed E-state index contributed by atoms with van der Waals surface area (Å²) >= 11 is 0. The van der Waals surface area contributed by atoms with Crippen LogP contribution in [0.4, 0.5) is 0 Å². The molecule has 2 nitrogen and oxygen atoms in total. The van der Waals surface area contributed by atoms with Crippen LogP contribution in [0.15, 0.2) is 0 Å². The molecule has 0 bridgehead atoms. The minimum absolute atomic E-state index is 0.229. The van der Waals surface area contributed by atoms with Gasteiger partial charge in [-0.05, 0) is 51.1 Å². The third-order valence-corrected chi connectivity index (χ3v) is 2.62. The van der Waals surface area contributed by atoms with Crippen molar-refractivity contribution in [2.75, 3.05) is 13.1 Å². The third kappa shape index (κ3) is 8.88. The first-order valence-corrected chi connectivity index (χ1v) is 6.11. The molecule has 0 radical (unpaired) electrons. The Morgan fingerprint density at radius 3 is 2.07 bits per heavy atom. The summed E-state index contributed by atoms with van der Waals surface area (Å²) in [5, 5.41) is 3.63. The number of hydrogen-bond donors (Lipinski definition) is 2. The number of rotatable bonds is 6. The molecule has 0 heterocycles. The van der Waals surface area contributed by atoms with Crippen molar-refractivity contribution in [3.63, 3.8) is 0 Å². The summed E-state index contributed by atoms with van der Waals surface area (Å²) in [6, 6.07) is 0. The predicted molar refractivity (Wildman–Crippen MR) is 69.0 cm³/mol. The van der Waals surface area contributed by atoms with Crippen molar-refractivity contribution < 1.29 is 0 Å². The maximum Gasteiger partial charge on any atom is 0.0130 e. The highest BCUT2D eigenvalue weighted by Gasteiger charge is 2.24. The van der Waals surface area contributed by atoms with E-state index in [1.165, 1.54) is 12.8 Å². The fraction of sp³-hybridized carbons (Fsp3) is 1.00. The smallest absolute Gasteiger partial charge is 0.0130 e. The lowest BCUT2D eigenvalue weighted by Gasteiger charge is -2.33. The minimum Gasteiger partial charge on any atom is -0.330 e. The van der Waals surface area contributed by atoms with Crippen molar-refractivity contribution in [3.8, 4) is 0 Å². The molecule has 3 N–H and O–H groups in total. The number of nitrogens with one attached hydrogen (secondary N) is 1. The molecule has 2 heteroatoms. The van der Waals surface area contributed by atoms with Gasteiger partial charge in [0.1, 0.15) is 0 Å². The van der Waals surface area contributed by atoms with Gasteiger partial charge in [0.05, 0.1) is 0 Å². The molecule has 0 aliphatic heterocycles. The maximum atomic E-state index is 5.60. The Bertz CT molecular complexity index is 168. The largest absolute Gasteiger partial charge is 0.330 e. The van der Waals surface area contributed by atoms with Crippen LogP contribution in [0.25, 0.3) is 0 Å². The molecular weight excluding hydrogens is 184 g/mol. The van der Waals surface area contributed by atoms with E-state index in [1.54, 1.807) is 0 Å². The van der Waals surface area contributed by atoms with Crippen LogP contribution in [-0.2, 0) is 0 Å². The topological polar surface area (TPSA) is 38.0 Å². The quantitative estimate of drug-likeness (QED) is 0.713. The molecule has 1 atom stereocenters. The second-order valence-electron chi connectivity index (χ2n) is 6.68. The summed E-state index contributed by atoms with van der Waals surface area (Å²) in [5.41, 5.74) is 6.21. The normalized spacial score (nSPS) is 15.4. The molecule has 0 aromatic heterocycles. The summed E-state index contributed by atoms with van der Waals surface area (Å²) in [4.78, 5) is 0. The highest BCUT2D eigenvalue weighted by Crippen LogP contribution is 2.26. The molecular formula is C13H30N2. The first kappa shape index (κ1) is 14.9. The number of nitrogens with two attached hydrogens (primary N) is 1. The summed E-state index contributed by atoms with van der Waals surface area (Å²) in [6.45, 7) is 15.5. The zero-order valence-electron chi connectivity index (χ0n) is 11.5. The van der Waals surface area contributed by atoms with Gasteiger partial charge in [0.25, 0.3) is 0 Å². The average Bonchev–Trinajstić information content (AvgIpc) is 1.98. The van der Waals surface area contributed by atoms with E-state index in [4.69, 9.17) is 5.73 Å². The van der Waals surface area contributed by atoms with Gasteiger partial charge in [0.2, 0.25) is 0 Å². The van der Waals surface area contributed by atoms with E-state index in [2.05, 4.69) is 46.9 Å². The van der Waals surface area contributed by atoms with Crippen LogP contribution in [0, 0.1) is 11.3 Å². The molecule has 0 aromatic rings. The van der Waals surface area contributed by atoms with E-state index in [0.717, 1.165) is 13.1 Å². The van der Waals surface area contributed by atoms with Crippen molar-refractivity contribution in [1.82, 2.24) is 5.32 Å². The van der Waals surface area contributed by atoms with Gasteiger partial charge in [-0.15, -0.1) is 0 Å². The highest BCUT2D eigenvalue weighted by molar-refractivity contribution is 4.83. The molecule has 0 fully saturated rings. The van der Waals surface area contributed by atoms with Gasteiger partial charge < -0.3 is 11.1 Å². The van der Waals surface area contributed by atoms with Crippen molar-refractivity contribution >= 4 is 0 Å². The van der Waals surface area contributed by atoms with Crippen molar-refractivity contribution in [3.05, 3.63) is 0 Å². The van der Waals surface area contributed by atoms with Gasteiger partial charge in [-0.3, -0.25) is 0 Å². The van der Waals surface area contributed by atoms with E-state index in [1.807, 2.05) is 0 Å². The Morgan fingerprint density at radius 2 is 1.67 bits per heavy atom. The van der Waals surface area contributed by atoms with E-state index in [9.17, 15) is 0 Å². The van der Waals surface area contributed by atoms with Gasteiger partial charge in [-0.2, -0.15) is 0 Å². The maximum absolute atomic E-state index is 5.60. The molecule has 15 heavy (non-hydrogen) atoms. The van der Waals surface area contributed by atoms with Crippen LogP contribution in [-0.4, -0.2) is 18.6 Å². The molecule has 92 valence electrons. The van der Waals surface area contributed by atoms with E-state index in [-0.39, 0.29) is 5.54 Å². The molecule has 1 unspecified atom stereocenters. The van der Waals surface area contributed by atoms with Crippen LogP contribution < -0.4 is 11.1 Å². The first-order chi connectivity index (χ1) is 6.66. The van der Waals surface area contributed by atoms with E-state index >= 15 is 0 Å². The Labute approximate surface area is 96.0 Å². The molecule has 0 aromatic carbocycles. The van der Waals surface area contributed by atoms with Gasteiger partial charge in [0.15, 0.2) is 0 Å². The summed E-state index contributed by atoms with van der Waals surface area (Å²) in [6.07, 6.45) is 2.36. The zero-order valence-corrected chi connectivity index (χ0v) is 11.5. The molecule has 0 saturated heterocycles. The third-order valence-electron chi connectivity index (χ3n) is 2.62. The van der Waals surface area contributed by atoms with Crippen molar-refractivity contribution in [2.24, 2.45) is 17.1 Å². The summed E-state index contributed by atoms with van der Waals surface area (Å²) in [7, 11) is 0. The standard InChI is InChI=1S/C13H30N2/c1-11(9-14)7-8-15-13(5,6)10-12(2,3)4/h11,15H,7-10,14H2,1-6H3. The van der Waals surface area contributed by atoms with Crippen LogP contribution in [0.1, 0.15) is 54.4 Å². The second-order valence-corrected chi connectivity index (χ2v) is 6.68. The van der Waals surface area contributed by atoms with Crippen LogP contribution in [0.5, 0.6) is 0 Å².